The van der Waals surface area contributed by atoms with Crippen LogP contribution in [0.2, 0.25) is 0 Å². The number of hydrogen-bond donors (Lipinski definition) is 1. The first-order chi connectivity index (χ1) is 13.8. The Morgan fingerprint density at radius 2 is 1.75 bits per heavy atom. The van der Waals surface area contributed by atoms with Gasteiger partial charge in [0, 0.05) is 6.20 Å². The summed E-state index contributed by atoms with van der Waals surface area (Å²) in [6.45, 7) is 0.811. The topological polar surface area (TPSA) is 56.1 Å². The number of hydrogen-bond acceptors (Lipinski definition) is 4. The molecule has 0 saturated carbocycles. The van der Waals surface area contributed by atoms with E-state index in [4.69, 9.17) is 4.74 Å². The van der Waals surface area contributed by atoms with Gasteiger partial charge in [0.25, 0.3) is 5.91 Å². The Bertz CT molecular complexity index is 1030. The highest BCUT2D eigenvalue weighted by Crippen LogP contribution is 2.27. The van der Waals surface area contributed by atoms with Crippen LogP contribution >= 0.6 is 11.3 Å². The number of amides is 1. The van der Waals surface area contributed by atoms with Gasteiger partial charge in [0.15, 0.2) is 0 Å². The summed E-state index contributed by atoms with van der Waals surface area (Å²) < 4.78 is 7.38. The molecule has 1 amide bonds. The summed E-state index contributed by atoms with van der Waals surface area (Å²) in [7, 11) is 0. The standard InChI is InChI=1S/C22H19N3O2S/c26-22(23-13-14-27-18-10-5-2-6-11-18)19-16-25(17-8-3-1-4-9-17)24-21(19)20-12-7-15-28-20/h1-12,15-16H,13-14H2,(H,23,26). The average Bonchev–Trinajstić information content (AvgIpc) is 3.42. The second-order valence-electron chi connectivity index (χ2n) is 6.07. The molecule has 2 aromatic heterocycles. The van der Waals surface area contributed by atoms with Crippen LogP contribution in [0, 0.1) is 0 Å². The van der Waals surface area contributed by atoms with Gasteiger partial charge in [-0.25, -0.2) is 4.68 Å². The molecule has 0 fully saturated rings. The molecule has 5 nitrogen and oxygen atoms in total. The van der Waals surface area contributed by atoms with E-state index in [2.05, 4.69) is 10.4 Å². The molecule has 1 N–H and O–H groups in total. The zero-order valence-corrected chi connectivity index (χ0v) is 15.9. The highest BCUT2D eigenvalue weighted by Gasteiger charge is 2.19. The zero-order chi connectivity index (χ0) is 19.2. The van der Waals surface area contributed by atoms with E-state index in [1.807, 2.05) is 78.2 Å². The van der Waals surface area contributed by atoms with Crippen molar-refractivity contribution in [2.75, 3.05) is 13.2 Å². The quantitative estimate of drug-likeness (QED) is 0.476. The van der Waals surface area contributed by atoms with Gasteiger partial charge in [-0.2, -0.15) is 5.10 Å². The molecule has 4 aromatic rings. The van der Waals surface area contributed by atoms with Crippen LogP contribution in [-0.2, 0) is 0 Å². The first-order valence-corrected chi connectivity index (χ1v) is 9.84. The third kappa shape index (κ3) is 4.13. The second kappa shape index (κ2) is 8.54. The highest BCUT2D eigenvalue weighted by atomic mass is 32.1. The molecule has 0 atom stereocenters. The normalized spacial score (nSPS) is 10.6. The maximum Gasteiger partial charge on any atom is 0.255 e. The summed E-state index contributed by atoms with van der Waals surface area (Å²) >= 11 is 1.56. The lowest BCUT2D eigenvalue weighted by Gasteiger charge is -2.07. The lowest BCUT2D eigenvalue weighted by molar-refractivity contribution is 0.0947. The number of rotatable bonds is 7. The SMILES string of the molecule is O=C(NCCOc1ccccc1)c1cn(-c2ccccc2)nc1-c1cccs1. The Hall–Kier alpha value is -3.38. The van der Waals surface area contributed by atoms with Crippen molar-refractivity contribution in [2.24, 2.45) is 0 Å². The molecule has 2 aromatic carbocycles. The smallest absolute Gasteiger partial charge is 0.255 e. The summed E-state index contributed by atoms with van der Waals surface area (Å²) in [6.07, 6.45) is 1.78. The number of nitrogens with one attached hydrogen (secondary N) is 1. The van der Waals surface area contributed by atoms with Crippen LogP contribution < -0.4 is 10.1 Å². The fraction of sp³-hybridized carbons (Fsp3) is 0.0909. The molecular formula is C22H19N3O2S. The minimum atomic E-state index is -0.165. The van der Waals surface area contributed by atoms with Crippen LogP contribution in [0.1, 0.15) is 10.4 Å². The molecule has 6 heteroatoms. The fourth-order valence-corrected chi connectivity index (χ4v) is 3.52. The van der Waals surface area contributed by atoms with E-state index >= 15 is 0 Å². The van der Waals surface area contributed by atoms with E-state index in [-0.39, 0.29) is 5.91 Å². The molecule has 0 aliphatic carbocycles. The Kier molecular flexibility index (Phi) is 5.49. The number of nitrogens with zero attached hydrogens (tertiary/aromatic N) is 2. The largest absolute Gasteiger partial charge is 0.492 e. The molecule has 0 radical (unpaired) electrons. The van der Waals surface area contributed by atoms with Gasteiger partial charge >= 0.3 is 0 Å². The van der Waals surface area contributed by atoms with Crippen molar-refractivity contribution in [1.82, 2.24) is 15.1 Å². The van der Waals surface area contributed by atoms with Crippen molar-refractivity contribution >= 4 is 17.2 Å². The van der Waals surface area contributed by atoms with Gasteiger partial charge in [0.2, 0.25) is 0 Å². The molecule has 140 valence electrons. The molecule has 2 heterocycles. The Morgan fingerprint density at radius 1 is 1.00 bits per heavy atom. The summed E-state index contributed by atoms with van der Waals surface area (Å²) in [5.41, 5.74) is 2.14. The zero-order valence-electron chi connectivity index (χ0n) is 15.1. The van der Waals surface area contributed by atoms with Crippen LogP contribution in [0.5, 0.6) is 5.75 Å². The lowest BCUT2D eigenvalue weighted by Crippen LogP contribution is -2.28. The Morgan fingerprint density at radius 3 is 2.46 bits per heavy atom. The van der Waals surface area contributed by atoms with Gasteiger partial charge in [0.05, 0.1) is 22.7 Å². The predicted molar refractivity (Wildman–Crippen MR) is 111 cm³/mol. The minimum Gasteiger partial charge on any atom is -0.492 e. The number of carbonyl (C=O) groups is 1. The molecule has 4 rings (SSSR count). The van der Waals surface area contributed by atoms with Crippen molar-refractivity contribution in [2.45, 2.75) is 0 Å². The van der Waals surface area contributed by atoms with Crippen molar-refractivity contribution in [3.8, 4) is 22.0 Å². The average molecular weight is 389 g/mol. The number of ether oxygens (including phenoxy) is 1. The van der Waals surface area contributed by atoms with E-state index in [1.165, 1.54) is 0 Å². The summed E-state index contributed by atoms with van der Waals surface area (Å²) in [6, 6.07) is 23.2. The molecular weight excluding hydrogens is 370 g/mol. The maximum absolute atomic E-state index is 12.8. The first kappa shape index (κ1) is 18.0. The molecule has 28 heavy (non-hydrogen) atoms. The van der Waals surface area contributed by atoms with Crippen molar-refractivity contribution in [1.29, 1.82) is 0 Å². The van der Waals surface area contributed by atoms with Gasteiger partial charge in [-0.15, -0.1) is 11.3 Å². The van der Waals surface area contributed by atoms with E-state index in [9.17, 15) is 4.79 Å². The van der Waals surface area contributed by atoms with Gasteiger partial charge < -0.3 is 10.1 Å². The predicted octanol–water partition coefficient (Wildman–Crippen LogP) is 4.41. The monoisotopic (exact) mass is 389 g/mol. The van der Waals surface area contributed by atoms with E-state index < -0.39 is 0 Å². The van der Waals surface area contributed by atoms with Crippen LogP contribution in [-0.4, -0.2) is 28.8 Å². The number of aromatic nitrogens is 2. The van der Waals surface area contributed by atoms with Crippen LogP contribution in [0.25, 0.3) is 16.3 Å². The molecule has 0 unspecified atom stereocenters. The number of carbonyl (C=O) groups excluding carboxylic acids is 1. The molecule has 0 aliphatic heterocycles. The van der Waals surface area contributed by atoms with Gasteiger partial charge in [-0.1, -0.05) is 42.5 Å². The number of thiophene rings is 1. The van der Waals surface area contributed by atoms with Crippen LogP contribution in [0.15, 0.2) is 84.4 Å². The second-order valence-corrected chi connectivity index (χ2v) is 7.01. The molecule has 0 saturated heterocycles. The lowest BCUT2D eigenvalue weighted by atomic mass is 10.2. The summed E-state index contributed by atoms with van der Waals surface area (Å²) in [5.74, 6) is 0.621. The van der Waals surface area contributed by atoms with Gasteiger partial charge in [0.1, 0.15) is 18.1 Å². The number of benzene rings is 2. The van der Waals surface area contributed by atoms with Crippen molar-refractivity contribution in [3.05, 3.63) is 89.9 Å². The van der Waals surface area contributed by atoms with Gasteiger partial charge in [-0.3, -0.25) is 4.79 Å². The maximum atomic E-state index is 12.8. The van der Waals surface area contributed by atoms with Crippen LogP contribution in [0.4, 0.5) is 0 Å². The van der Waals surface area contributed by atoms with E-state index in [0.717, 1.165) is 16.3 Å². The third-order valence-electron chi connectivity index (χ3n) is 4.13. The van der Waals surface area contributed by atoms with E-state index in [0.29, 0.717) is 24.4 Å². The third-order valence-corrected chi connectivity index (χ3v) is 5.01. The fourth-order valence-electron chi connectivity index (χ4n) is 2.79. The molecule has 0 aliphatic rings. The highest BCUT2D eigenvalue weighted by molar-refractivity contribution is 7.13. The molecule has 0 spiro atoms. The Balaban J connectivity index is 1.49. The molecule has 0 bridgehead atoms. The van der Waals surface area contributed by atoms with Crippen molar-refractivity contribution < 1.29 is 9.53 Å². The minimum absolute atomic E-state index is 0.165. The number of para-hydroxylation sites is 2. The van der Waals surface area contributed by atoms with E-state index in [1.54, 1.807) is 22.2 Å². The summed E-state index contributed by atoms with van der Waals surface area (Å²) in [4.78, 5) is 13.8. The van der Waals surface area contributed by atoms with Crippen molar-refractivity contribution in [3.63, 3.8) is 0 Å². The summed E-state index contributed by atoms with van der Waals surface area (Å²) in [5, 5.41) is 9.56. The first-order valence-electron chi connectivity index (χ1n) is 8.96. The van der Waals surface area contributed by atoms with Crippen LogP contribution in [0.3, 0.4) is 0 Å². The van der Waals surface area contributed by atoms with Gasteiger partial charge in [-0.05, 0) is 35.7 Å². The Labute approximate surface area is 167 Å².